The van der Waals surface area contributed by atoms with Crippen LogP contribution in [0.1, 0.15) is 140 Å². The average Bonchev–Trinajstić information content (AvgIpc) is 3.86. The zero-order valence-electron chi connectivity index (χ0n) is 41.2. The van der Waals surface area contributed by atoms with E-state index < -0.39 is 95.1 Å². The number of nitrogens with zero attached hydrogens (tertiary/aromatic N) is 3. The highest BCUT2D eigenvalue weighted by molar-refractivity contribution is 7.18. The standard InChI is InChI=1S/C53H68N4O12S/c1-8-10-11-12-13-18-41(56-47(60)27-28-48(56)61)42(57(65)66)30-46(59)55-38-23-20-36(21-24-38)32-67-52(64)69-50-34(4)17-14-16-33(3)19-25-43(37-22-26-44-40(29-37)54-35(5)70-44)68-49(62)31-45(58)53(6,7)51(63)39(50)15-9-2/h9,19-24,26-29,34,39,41-43,45,50,58H,2,8,10-18,25,30-32H2,1,3-7H3,(H,55,59)/b33-19-. The Balaban J connectivity index is 1.24. The summed E-state index contributed by atoms with van der Waals surface area (Å²) >= 11 is 1.58. The van der Waals surface area contributed by atoms with Crippen molar-refractivity contribution in [2.75, 3.05) is 5.32 Å². The molecule has 0 saturated heterocycles. The molecule has 0 bridgehead atoms. The average molecular weight is 985 g/mol. The Labute approximate surface area is 414 Å². The zero-order valence-corrected chi connectivity index (χ0v) is 42.0. The molecular weight excluding hydrogens is 917 g/mol. The molecule has 0 fully saturated rings. The van der Waals surface area contributed by atoms with Crippen molar-refractivity contribution < 1.29 is 53.0 Å². The number of hydrogen-bond acceptors (Lipinski definition) is 14. The van der Waals surface area contributed by atoms with Gasteiger partial charge in [-0.1, -0.05) is 95.7 Å². The van der Waals surface area contributed by atoms with Crippen LogP contribution in [0, 0.1) is 34.3 Å². The number of rotatable bonds is 18. The number of carbonyl (C=O) groups excluding carboxylic acids is 6. The summed E-state index contributed by atoms with van der Waals surface area (Å²) in [6.45, 7) is 14.6. The third-order valence-electron chi connectivity index (χ3n) is 13.3. The first-order valence-corrected chi connectivity index (χ1v) is 25.1. The number of ether oxygens (including phenoxy) is 3. The Morgan fingerprint density at radius 1 is 1.07 bits per heavy atom. The molecule has 0 saturated carbocycles. The van der Waals surface area contributed by atoms with E-state index >= 15 is 0 Å². The van der Waals surface area contributed by atoms with Crippen LogP contribution in [0.2, 0.25) is 0 Å². The maximum absolute atomic E-state index is 14.5. The summed E-state index contributed by atoms with van der Waals surface area (Å²) in [6.07, 6.45) is 7.50. The minimum atomic E-state index is -1.53. The Morgan fingerprint density at radius 2 is 1.77 bits per heavy atom. The quantitative estimate of drug-likeness (QED) is 0.0303. The van der Waals surface area contributed by atoms with E-state index in [0.29, 0.717) is 43.4 Å². The van der Waals surface area contributed by atoms with E-state index in [4.69, 9.17) is 14.2 Å². The summed E-state index contributed by atoms with van der Waals surface area (Å²) < 4.78 is 18.6. The van der Waals surface area contributed by atoms with Gasteiger partial charge in [-0.25, -0.2) is 9.78 Å². The zero-order chi connectivity index (χ0) is 51.1. The Hall–Kier alpha value is -6.07. The van der Waals surface area contributed by atoms with Crippen LogP contribution in [0.5, 0.6) is 0 Å². The van der Waals surface area contributed by atoms with Gasteiger partial charge in [-0.3, -0.25) is 39.0 Å². The van der Waals surface area contributed by atoms with Gasteiger partial charge in [-0.05, 0) is 87.3 Å². The number of aliphatic hydroxyl groups excluding tert-OH is 1. The van der Waals surface area contributed by atoms with Gasteiger partial charge in [0.25, 0.3) is 11.8 Å². The van der Waals surface area contributed by atoms with E-state index in [1.807, 2.05) is 45.0 Å². The fraction of sp³-hybridized carbons (Fsp3) is 0.528. The van der Waals surface area contributed by atoms with Gasteiger partial charge in [0.15, 0.2) is 0 Å². The number of carbonyl (C=O) groups is 6. The molecule has 1 aromatic heterocycles. The van der Waals surface area contributed by atoms with Gasteiger partial charge in [0.1, 0.15) is 30.6 Å². The van der Waals surface area contributed by atoms with E-state index in [-0.39, 0.29) is 25.4 Å². The topological polar surface area (TPSA) is 222 Å². The summed E-state index contributed by atoms with van der Waals surface area (Å²) in [5.41, 5.74) is 2.01. The maximum Gasteiger partial charge on any atom is 0.508 e. The highest BCUT2D eigenvalue weighted by Crippen LogP contribution is 2.37. The smallest absolute Gasteiger partial charge is 0.457 e. The number of cyclic esters (lactones) is 1. The molecule has 378 valence electrons. The van der Waals surface area contributed by atoms with E-state index in [1.54, 1.807) is 43.4 Å². The number of anilines is 1. The molecule has 2 N–H and O–H groups in total. The van der Waals surface area contributed by atoms with Crippen LogP contribution in [0.3, 0.4) is 0 Å². The molecule has 7 atom stereocenters. The van der Waals surface area contributed by atoms with Crippen molar-refractivity contribution in [3.05, 3.63) is 105 Å². The SMILES string of the molecule is C=CCC1C(=O)C(C)(C)C(O)CC(=O)OC(c2ccc3sc(C)nc3c2)C/C=C(/C)CCCC(C)C1OC(=O)OCc1ccc(NC(=O)CC(C(CCCCCCC)N2C(=O)C=CC2=O)[N+](=O)[O-])cc1. The van der Waals surface area contributed by atoms with Gasteiger partial charge in [-0.2, -0.15) is 0 Å². The fourth-order valence-electron chi connectivity index (χ4n) is 9.13. The van der Waals surface area contributed by atoms with Gasteiger partial charge < -0.3 is 24.6 Å². The van der Waals surface area contributed by atoms with Crippen LogP contribution in [0.15, 0.2) is 78.9 Å². The molecule has 3 amide bonds. The number of allylic oxidation sites excluding steroid dienone is 2. The van der Waals surface area contributed by atoms with Crippen LogP contribution in [-0.2, 0) is 44.8 Å². The minimum absolute atomic E-state index is 0.113. The first kappa shape index (κ1) is 54.9. The first-order chi connectivity index (χ1) is 33.3. The lowest BCUT2D eigenvalue weighted by molar-refractivity contribution is -0.528. The predicted octanol–water partition coefficient (Wildman–Crippen LogP) is 10.2. The highest BCUT2D eigenvalue weighted by Gasteiger charge is 2.46. The molecule has 0 radical (unpaired) electrons. The summed E-state index contributed by atoms with van der Waals surface area (Å²) in [5, 5.41) is 27.5. The van der Waals surface area contributed by atoms with Gasteiger partial charge in [-0.15, -0.1) is 17.9 Å². The molecule has 17 heteroatoms. The molecule has 16 nitrogen and oxygen atoms in total. The number of aryl methyl sites for hydroxylation is 1. The molecule has 7 unspecified atom stereocenters. The van der Waals surface area contributed by atoms with Crippen LogP contribution in [0.25, 0.3) is 10.2 Å². The van der Waals surface area contributed by atoms with Crippen molar-refractivity contribution in [1.82, 2.24) is 9.88 Å². The predicted molar refractivity (Wildman–Crippen MR) is 266 cm³/mol. The number of hydrogen-bond donors (Lipinski definition) is 2. The summed E-state index contributed by atoms with van der Waals surface area (Å²) in [7, 11) is 0. The molecule has 2 aliphatic rings. The Morgan fingerprint density at radius 3 is 2.44 bits per heavy atom. The Kier molecular flexibility index (Phi) is 20.1. The molecular formula is C53H68N4O12S. The molecule has 70 heavy (non-hydrogen) atoms. The summed E-state index contributed by atoms with van der Waals surface area (Å²) in [5.74, 6) is -4.35. The number of esters is 1. The van der Waals surface area contributed by atoms with Crippen molar-refractivity contribution in [3.63, 3.8) is 0 Å². The number of imide groups is 1. The van der Waals surface area contributed by atoms with Crippen LogP contribution < -0.4 is 5.32 Å². The molecule has 5 rings (SSSR count). The van der Waals surface area contributed by atoms with Crippen LogP contribution in [-0.4, -0.2) is 79.8 Å². The number of nitrogens with one attached hydrogen (secondary N) is 1. The number of amides is 3. The van der Waals surface area contributed by atoms with Crippen LogP contribution in [0.4, 0.5) is 10.5 Å². The van der Waals surface area contributed by atoms with E-state index in [1.165, 1.54) is 12.1 Å². The third kappa shape index (κ3) is 15.0. The van der Waals surface area contributed by atoms with Crippen molar-refractivity contribution in [1.29, 1.82) is 0 Å². The number of benzene rings is 2. The number of Topliss-reactive ketones (excluding diaryl/α,β-unsaturated/α-hetero) is 1. The van der Waals surface area contributed by atoms with Crippen molar-refractivity contribution >= 4 is 62.9 Å². The minimum Gasteiger partial charge on any atom is -0.457 e. The monoisotopic (exact) mass is 984 g/mol. The normalized spacial score (nSPS) is 23.0. The molecule has 3 heterocycles. The lowest BCUT2D eigenvalue weighted by atomic mass is 9.71. The van der Waals surface area contributed by atoms with Crippen molar-refractivity contribution in [2.45, 2.75) is 162 Å². The summed E-state index contributed by atoms with van der Waals surface area (Å²) in [4.78, 5) is 97.2. The fourth-order valence-corrected chi connectivity index (χ4v) is 9.94. The number of unbranched alkanes of at least 4 members (excludes halogenated alkanes) is 4. The second-order valence-corrected chi connectivity index (χ2v) is 20.3. The number of thiazole rings is 1. The molecule has 0 aliphatic carbocycles. The van der Waals surface area contributed by atoms with Crippen molar-refractivity contribution in [3.8, 4) is 0 Å². The second kappa shape index (κ2) is 25.7. The lowest BCUT2D eigenvalue weighted by Crippen LogP contribution is -2.51. The van der Waals surface area contributed by atoms with E-state index in [0.717, 1.165) is 69.1 Å². The van der Waals surface area contributed by atoms with Crippen molar-refractivity contribution in [2.24, 2.45) is 17.3 Å². The second-order valence-electron chi connectivity index (χ2n) is 19.1. The Bertz CT molecular complexity index is 2410. The van der Waals surface area contributed by atoms with Crippen LogP contribution >= 0.6 is 11.3 Å². The number of nitro groups is 1. The van der Waals surface area contributed by atoms with Gasteiger partial charge in [0, 0.05) is 29.2 Å². The molecule has 2 aliphatic heterocycles. The number of ketones is 1. The third-order valence-corrected chi connectivity index (χ3v) is 14.3. The van der Waals surface area contributed by atoms with E-state index in [9.17, 15) is 44.0 Å². The van der Waals surface area contributed by atoms with Gasteiger partial charge >= 0.3 is 12.1 Å². The molecule has 3 aromatic rings. The molecule has 2 aromatic carbocycles. The highest BCUT2D eigenvalue weighted by atomic mass is 32.1. The van der Waals surface area contributed by atoms with E-state index in [2.05, 4.69) is 23.8 Å². The number of aromatic nitrogens is 1. The number of fused-ring (bicyclic) bond motifs is 1. The summed E-state index contributed by atoms with van der Waals surface area (Å²) in [6, 6.07) is 9.43. The van der Waals surface area contributed by atoms with Gasteiger partial charge in [0.2, 0.25) is 11.9 Å². The first-order valence-electron chi connectivity index (χ1n) is 24.3. The molecule has 0 spiro atoms. The lowest BCUT2D eigenvalue weighted by Gasteiger charge is -2.37. The largest absolute Gasteiger partial charge is 0.508 e. The van der Waals surface area contributed by atoms with Gasteiger partial charge in [0.05, 0.1) is 45.5 Å². The number of aliphatic hydroxyl groups is 1. The maximum atomic E-state index is 14.5.